The van der Waals surface area contributed by atoms with Crippen molar-refractivity contribution in [1.29, 1.82) is 0 Å². The average molecular weight is 278 g/mol. The highest BCUT2D eigenvalue weighted by atomic mass is 35.5. The highest BCUT2D eigenvalue weighted by Gasteiger charge is 2.09. The van der Waals surface area contributed by atoms with Crippen LogP contribution in [0.4, 0.5) is 5.95 Å². The van der Waals surface area contributed by atoms with Crippen molar-refractivity contribution in [3.63, 3.8) is 0 Å². The van der Waals surface area contributed by atoms with Crippen LogP contribution in [0.5, 0.6) is 0 Å². The van der Waals surface area contributed by atoms with E-state index in [1.165, 1.54) is 18.0 Å². The highest BCUT2D eigenvalue weighted by molar-refractivity contribution is 7.99. The Hall–Kier alpha value is -1.79. The first-order valence-electron chi connectivity index (χ1n) is 5.13. The molecule has 18 heavy (non-hydrogen) atoms. The van der Waals surface area contributed by atoms with Crippen LogP contribution in [-0.2, 0) is 0 Å². The number of benzene rings is 1. The summed E-state index contributed by atoms with van der Waals surface area (Å²) >= 11 is 7.33. The van der Waals surface area contributed by atoms with E-state index in [0.717, 1.165) is 16.2 Å². The third-order valence-electron chi connectivity index (χ3n) is 2.29. The Kier molecular flexibility index (Phi) is 2.81. The van der Waals surface area contributed by atoms with Gasteiger partial charge < -0.3 is 10.7 Å². The van der Waals surface area contributed by atoms with Crippen molar-refractivity contribution in [2.24, 2.45) is 0 Å². The number of para-hydroxylation sites is 2. The standard InChI is InChI=1S/C11H8ClN5S/c12-6-5-14-10(13)17-9(6)18-11-15-7-3-1-2-4-8(7)16-11/h1-5H,(H,15,16)(H2,13,14,17). The Balaban J connectivity index is 1.98. The lowest BCUT2D eigenvalue weighted by Crippen LogP contribution is -1.95. The molecule has 0 amide bonds. The monoisotopic (exact) mass is 277 g/mol. The van der Waals surface area contributed by atoms with E-state index in [2.05, 4.69) is 19.9 Å². The molecule has 0 saturated carbocycles. The van der Waals surface area contributed by atoms with Gasteiger partial charge in [-0.15, -0.1) is 0 Å². The maximum absolute atomic E-state index is 6.00. The molecule has 5 nitrogen and oxygen atoms in total. The molecule has 2 heterocycles. The van der Waals surface area contributed by atoms with E-state index in [1.54, 1.807) is 0 Å². The number of rotatable bonds is 2. The Morgan fingerprint density at radius 1 is 1.22 bits per heavy atom. The van der Waals surface area contributed by atoms with E-state index in [4.69, 9.17) is 17.3 Å². The van der Waals surface area contributed by atoms with Crippen LogP contribution in [0.2, 0.25) is 5.02 Å². The molecule has 90 valence electrons. The third-order valence-corrected chi connectivity index (χ3v) is 3.57. The van der Waals surface area contributed by atoms with Crippen LogP contribution in [-0.4, -0.2) is 19.9 Å². The predicted molar refractivity (Wildman–Crippen MR) is 71.7 cm³/mol. The zero-order valence-electron chi connectivity index (χ0n) is 9.09. The lowest BCUT2D eigenvalue weighted by Gasteiger charge is -2.00. The largest absolute Gasteiger partial charge is 0.368 e. The van der Waals surface area contributed by atoms with Crippen molar-refractivity contribution in [3.8, 4) is 0 Å². The highest BCUT2D eigenvalue weighted by Crippen LogP contribution is 2.30. The minimum absolute atomic E-state index is 0.193. The van der Waals surface area contributed by atoms with E-state index in [0.29, 0.717) is 10.0 Å². The van der Waals surface area contributed by atoms with Gasteiger partial charge >= 0.3 is 0 Å². The van der Waals surface area contributed by atoms with E-state index >= 15 is 0 Å². The summed E-state index contributed by atoms with van der Waals surface area (Å²) < 4.78 is 0. The second-order valence-electron chi connectivity index (χ2n) is 3.54. The van der Waals surface area contributed by atoms with E-state index < -0.39 is 0 Å². The van der Waals surface area contributed by atoms with Gasteiger partial charge in [-0.2, -0.15) is 0 Å². The van der Waals surface area contributed by atoms with Crippen molar-refractivity contribution < 1.29 is 0 Å². The summed E-state index contributed by atoms with van der Waals surface area (Å²) in [4.78, 5) is 15.5. The number of halogens is 1. The molecule has 0 saturated heterocycles. The van der Waals surface area contributed by atoms with Crippen LogP contribution in [0, 0.1) is 0 Å². The molecule has 0 atom stereocenters. The maximum Gasteiger partial charge on any atom is 0.221 e. The summed E-state index contributed by atoms with van der Waals surface area (Å²) in [5.41, 5.74) is 7.40. The molecule has 1 aromatic carbocycles. The Morgan fingerprint density at radius 2 is 2.06 bits per heavy atom. The normalized spacial score (nSPS) is 10.9. The number of fused-ring (bicyclic) bond motifs is 1. The van der Waals surface area contributed by atoms with Gasteiger partial charge in [-0.05, 0) is 23.9 Å². The number of anilines is 1. The molecular weight excluding hydrogens is 270 g/mol. The van der Waals surface area contributed by atoms with Crippen LogP contribution in [0.3, 0.4) is 0 Å². The fourth-order valence-electron chi connectivity index (χ4n) is 1.51. The molecule has 2 aromatic heterocycles. The van der Waals surface area contributed by atoms with Gasteiger partial charge in [0.2, 0.25) is 5.95 Å². The van der Waals surface area contributed by atoms with Gasteiger partial charge in [-0.3, -0.25) is 0 Å². The number of hydrogen-bond acceptors (Lipinski definition) is 5. The van der Waals surface area contributed by atoms with Crippen LogP contribution in [0.25, 0.3) is 11.0 Å². The molecule has 0 fully saturated rings. The van der Waals surface area contributed by atoms with Gasteiger partial charge in [0.1, 0.15) is 5.03 Å². The van der Waals surface area contributed by atoms with E-state index in [-0.39, 0.29) is 5.95 Å². The van der Waals surface area contributed by atoms with Crippen molar-refractivity contribution >= 4 is 40.3 Å². The Labute approximate surface area is 112 Å². The van der Waals surface area contributed by atoms with Gasteiger partial charge in [0.25, 0.3) is 0 Å². The third kappa shape index (κ3) is 2.12. The summed E-state index contributed by atoms with van der Waals surface area (Å²) in [5.74, 6) is 0.193. The predicted octanol–water partition coefficient (Wildman–Crippen LogP) is 2.74. The second kappa shape index (κ2) is 4.47. The first-order chi connectivity index (χ1) is 8.72. The quantitative estimate of drug-likeness (QED) is 0.704. The fraction of sp³-hybridized carbons (Fsp3) is 0. The summed E-state index contributed by atoms with van der Waals surface area (Å²) in [7, 11) is 0. The molecular formula is C11H8ClN5S. The second-order valence-corrected chi connectivity index (χ2v) is 4.93. The van der Waals surface area contributed by atoms with Crippen LogP contribution >= 0.6 is 23.4 Å². The minimum Gasteiger partial charge on any atom is -0.368 e. The van der Waals surface area contributed by atoms with Gasteiger partial charge in [0, 0.05) is 0 Å². The number of hydrogen-bond donors (Lipinski definition) is 2. The van der Waals surface area contributed by atoms with Crippen molar-refractivity contribution in [2.45, 2.75) is 10.2 Å². The molecule has 7 heteroatoms. The first-order valence-corrected chi connectivity index (χ1v) is 6.32. The van der Waals surface area contributed by atoms with Crippen LogP contribution in [0.1, 0.15) is 0 Å². The van der Waals surface area contributed by atoms with Gasteiger partial charge in [0.15, 0.2) is 5.16 Å². The number of H-pyrrole nitrogens is 1. The lowest BCUT2D eigenvalue weighted by molar-refractivity contribution is 1.03. The van der Waals surface area contributed by atoms with Gasteiger partial charge in [0.05, 0.1) is 22.3 Å². The SMILES string of the molecule is Nc1ncc(Cl)c(Sc2nc3ccccc3[nH]2)n1. The number of nitrogens with zero attached hydrogens (tertiary/aromatic N) is 3. The van der Waals surface area contributed by atoms with E-state index in [9.17, 15) is 0 Å². The van der Waals surface area contributed by atoms with Gasteiger partial charge in [-0.1, -0.05) is 23.7 Å². The molecule has 3 aromatic rings. The molecule has 0 spiro atoms. The number of nitrogen functional groups attached to an aromatic ring is 1. The average Bonchev–Trinajstić information content (AvgIpc) is 2.76. The molecule has 0 aliphatic carbocycles. The summed E-state index contributed by atoms with van der Waals surface area (Å²) in [5, 5.41) is 1.76. The van der Waals surface area contributed by atoms with Crippen molar-refractivity contribution in [1.82, 2.24) is 19.9 Å². The Morgan fingerprint density at radius 3 is 2.89 bits per heavy atom. The topological polar surface area (TPSA) is 80.5 Å². The number of imidazole rings is 1. The molecule has 0 aliphatic rings. The van der Waals surface area contributed by atoms with Crippen molar-refractivity contribution in [2.75, 3.05) is 5.73 Å². The zero-order chi connectivity index (χ0) is 12.5. The number of nitrogens with two attached hydrogens (primary N) is 1. The molecule has 3 N–H and O–H groups in total. The van der Waals surface area contributed by atoms with Crippen LogP contribution in [0.15, 0.2) is 40.6 Å². The number of aromatic amines is 1. The van der Waals surface area contributed by atoms with Gasteiger partial charge in [-0.25, -0.2) is 15.0 Å². The number of nitrogens with one attached hydrogen (secondary N) is 1. The van der Waals surface area contributed by atoms with Crippen molar-refractivity contribution in [3.05, 3.63) is 35.5 Å². The maximum atomic E-state index is 6.00. The molecule has 3 rings (SSSR count). The summed E-state index contributed by atoms with van der Waals surface area (Å²) in [6.07, 6.45) is 1.48. The zero-order valence-corrected chi connectivity index (χ0v) is 10.7. The fourth-order valence-corrected chi connectivity index (χ4v) is 2.49. The summed E-state index contributed by atoms with van der Waals surface area (Å²) in [6, 6.07) is 7.78. The lowest BCUT2D eigenvalue weighted by atomic mass is 10.3. The summed E-state index contributed by atoms with van der Waals surface area (Å²) in [6.45, 7) is 0. The molecule has 0 radical (unpaired) electrons. The molecule has 0 aliphatic heterocycles. The molecule has 0 bridgehead atoms. The van der Waals surface area contributed by atoms with Crippen LogP contribution < -0.4 is 5.73 Å². The first kappa shape index (κ1) is 11.3. The Bertz CT molecular complexity index is 678. The molecule has 0 unspecified atom stereocenters. The minimum atomic E-state index is 0.193. The van der Waals surface area contributed by atoms with E-state index in [1.807, 2.05) is 24.3 Å². The smallest absolute Gasteiger partial charge is 0.221 e. The number of aromatic nitrogens is 4.